The second-order valence-electron chi connectivity index (χ2n) is 2.39. The fourth-order valence-corrected chi connectivity index (χ4v) is 1.47. The van der Waals surface area contributed by atoms with Crippen LogP contribution in [0.3, 0.4) is 0 Å². The largest absolute Gasteiger partial charge is 0.493 e. The molecular formula is C8H11NO3S. The smallest absolute Gasteiger partial charge is 0.190 e. The molecule has 1 aromatic rings. The van der Waals surface area contributed by atoms with Crippen molar-refractivity contribution in [3.8, 4) is 5.75 Å². The number of rotatable bonds is 3. The third-order valence-electron chi connectivity index (χ3n) is 1.46. The molecule has 0 radical (unpaired) electrons. The Morgan fingerprint density at radius 2 is 2.31 bits per heavy atom. The average Bonchev–Trinajstić information content (AvgIpc) is 2.08. The number of benzene rings is 1. The summed E-state index contributed by atoms with van der Waals surface area (Å²) in [6, 6.07) is 4.64. The number of anilines is 1. The molecule has 0 aliphatic rings. The lowest BCUT2D eigenvalue weighted by Gasteiger charge is -2.07. The molecule has 13 heavy (non-hydrogen) atoms. The molecule has 0 bridgehead atoms. The molecule has 0 aromatic heterocycles. The first-order valence-corrected chi connectivity index (χ1v) is 4.89. The van der Waals surface area contributed by atoms with Crippen molar-refractivity contribution in [1.29, 1.82) is 0 Å². The first-order valence-electron chi connectivity index (χ1n) is 3.78. The Kier molecular flexibility index (Phi) is 3.27. The van der Waals surface area contributed by atoms with Crippen molar-refractivity contribution >= 4 is 16.8 Å². The van der Waals surface area contributed by atoms with Crippen LogP contribution < -0.4 is 10.5 Å². The minimum atomic E-state index is -2.06. The second kappa shape index (κ2) is 4.25. The van der Waals surface area contributed by atoms with Crippen molar-refractivity contribution in [1.82, 2.24) is 0 Å². The van der Waals surface area contributed by atoms with Crippen molar-refractivity contribution in [3.05, 3.63) is 18.2 Å². The molecule has 1 unspecified atom stereocenters. The normalized spacial score (nSPS) is 12.5. The monoisotopic (exact) mass is 201 g/mol. The van der Waals surface area contributed by atoms with Gasteiger partial charge in [-0.3, -0.25) is 0 Å². The molecule has 0 spiro atoms. The average molecular weight is 201 g/mol. The Bertz CT molecular complexity index is 327. The van der Waals surface area contributed by atoms with Crippen molar-refractivity contribution in [2.75, 3.05) is 12.3 Å². The van der Waals surface area contributed by atoms with Gasteiger partial charge in [0, 0.05) is 5.69 Å². The quantitative estimate of drug-likeness (QED) is 0.570. The van der Waals surface area contributed by atoms with Gasteiger partial charge in [0.05, 0.1) is 6.61 Å². The zero-order valence-electron chi connectivity index (χ0n) is 7.19. The molecule has 1 atom stereocenters. The summed E-state index contributed by atoms with van der Waals surface area (Å²) in [5.41, 5.74) is 5.91. The van der Waals surface area contributed by atoms with Gasteiger partial charge in [0.2, 0.25) is 0 Å². The number of hydrogen-bond donors (Lipinski definition) is 2. The van der Waals surface area contributed by atoms with E-state index in [-0.39, 0.29) is 4.90 Å². The van der Waals surface area contributed by atoms with Gasteiger partial charge in [0.25, 0.3) is 0 Å². The van der Waals surface area contributed by atoms with Crippen LogP contribution in [0.2, 0.25) is 0 Å². The number of hydrogen-bond acceptors (Lipinski definition) is 3. The van der Waals surface area contributed by atoms with Gasteiger partial charge < -0.3 is 15.0 Å². The maximum absolute atomic E-state index is 10.8. The van der Waals surface area contributed by atoms with Crippen LogP contribution in [0.5, 0.6) is 5.75 Å². The Hall–Kier alpha value is -1.07. The van der Waals surface area contributed by atoms with E-state index < -0.39 is 11.1 Å². The molecule has 0 saturated carbocycles. The molecule has 1 aromatic carbocycles. The first kappa shape index (κ1) is 10.0. The molecule has 0 heterocycles. The summed E-state index contributed by atoms with van der Waals surface area (Å²) in [5.74, 6) is 0.400. The minimum absolute atomic E-state index is 0.210. The second-order valence-corrected chi connectivity index (χ2v) is 3.33. The summed E-state index contributed by atoms with van der Waals surface area (Å²) in [7, 11) is 0. The summed E-state index contributed by atoms with van der Waals surface area (Å²) < 4.78 is 24.9. The van der Waals surface area contributed by atoms with Crippen LogP contribution in [0.4, 0.5) is 5.69 Å². The molecular weight excluding hydrogens is 190 g/mol. The van der Waals surface area contributed by atoms with Gasteiger partial charge in [0.1, 0.15) is 10.6 Å². The van der Waals surface area contributed by atoms with Crippen molar-refractivity contribution in [2.45, 2.75) is 11.8 Å². The Labute approximate surface area is 79.0 Å². The topological polar surface area (TPSA) is 72.5 Å². The zero-order chi connectivity index (χ0) is 9.84. The van der Waals surface area contributed by atoms with Gasteiger partial charge in [-0.2, -0.15) is 0 Å². The van der Waals surface area contributed by atoms with Crippen LogP contribution in [0.1, 0.15) is 6.92 Å². The molecule has 0 fully saturated rings. The van der Waals surface area contributed by atoms with Crippen LogP contribution >= 0.6 is 0 Å². The number of nitrogens with two attached hydrogens (primary N) is 1. The molecule has 0 saturated heterocycles. The van der Waals surface area contributed by atoms with Crippen LogP contribution in [0, 0.1) is 0 Å². The maximum atomic E-state index is 10.8. The molecule has 4 nitrogen and oxygen atoms in total. The SMILES string of the molecule is CCOc1ccc(N)cc1S(=O)O. The summed E-state index contributed by atoms with van der Waals surface area (Å²) in [6.45, 7) is 2.26. The lowest BCUT2D eigenvalue weighted by atomic mass is 10.3. The Balaban J connectivity index is 3.10. The highest BCUT2D eigenvalue weighted by atomic mass is 32.2. The van der Waals surface area contributed by atoms with Gasteiger partial charge >= 0.3 is 0 Å². The van der Waals surface area contributed by atoms with Gasteiger partial charge in [-0.05, 0) is 25.1 Å². The predicted molar refractivity (Wildman–Crippen MR) is 51.1 cm³/mol. The van der Waals surface area contributed by atoms with Gasteiger partial charge in [-0.25, -0.2) is 4.21 Å². The zero-order valence-corrected chi connectivity index (χ0v) is 8.00. The van der Waals surface area contributed by atoms with E-state index in [4.69, 9.17) is 15.0 Å². The van der Waals surface area contributed by atoms with Gasteiger partial charge in [-0.15, -0.1) is 0 Å². The lowest BCUT2D eigenvalue weighted by Crippen LogP contribution is -1.99. The molecule has 0 aliphatic carbocycles. The molecule has 3 N–H and O–H groups in total. The van der Waals surface area contributed by atoms with E-state index in [0.29, 0.717) is 18.0 Å². The fraction of sp³-hybridized carbons (Fsp3) is 0.250. The van der Waals surface area contributed by atoms with E-state index >= 15 is 0 Å². The lowest BCUT2D eigenvalue weighted by molar-refractivity contribution is 0.331. The standard InChI is InChI=1S/C8H11NO3S/c1-2-12-7-4-3-6(9)5-8(7)13(10)11/h3-5H,2,9H2,1H3,(H,10,11). The maximum Gasteiger partial charge on any atom is 0.190 e. The van der Waals surface area contributed by atoms with E-state index in [1.807, 2.05) is 0 Å². The van der Waals surface area contributed by atoms with Crippen molar-refractivity contribution < 1.29 is 13.5 Å². The highest BCUT2D eigenvalue weighted by Crippen LogP contribution is 2.23. The van der Waals surface area contributed by atoms with E-state index in [1.54, 1.807) is 19.1 Å². The predicted octanol–water partition coefficient (Wildman–Crippen LogP) is 1.25. The fourth-order valence-electron chi connectivity index (χ4n) is 0.936. The molecule has 5 heteroatoms. The van der Waals surface area contributed by atoms with Gasteiger partial charge in [0.15, 0.2) is 11.1 Å². The van der Waals surface area contributed by atoms with Crippen molar-refractivity contribution in [2.24, 2.45) is 0 Å². The summed E-state index contributed by atoms with van der Waals surface area (Å²) >= 11 is -2.06. The first-order chi connectivity index (χ1) is 6.15. The van der Waals surface area contributed by atoms with E-state index in [9.17, 15) is 4.21 Å². The number of nitrogen functional groups attached to an aromatic ring is 1. The van der Waals surface area contributed by atoms with Crippen LogP contribution in [0.25, 0.3) is 0 Å². The number of ether oxygens (including phenoxy) is 1. The van der Waals surface area contributed by atoms with E-state index in [0.717, 1.165) is 0 Å². The van der Waals surface area contributed by atoms with Crippen LogP contribution in [0.15, 0.2) is 23.1 Å². The highest BCUT2D eigenvalue weighted by Gasteiger charge is 2.08. The summed E-state index contributed by atoms with van der Waals surface area (Å²) in [6.07, 6.45) is 0. The molecule has 1 rings (SSSR count). The van der Waals surface area contributed by atoms with E-state index in [2.05, 4.69) is 0 Å². The third kappa shape index (κ3) is 2.43. The third-order valence-corrected chi connectivity index (χ3v) is 2.15. The Morgan fingerprint density at radius 3 is 2.85 bits per heavy atom. The molecule has 72 valence electrons. The molecule has 0 amide bonds. The van der Waals surface area contributed by atoms with Gasteiger partial charge in [-0.1, -0.05) is 0 Å². The minimum Gasteiger partial charge on any atom is -0.493 e. The van der Waals surface area contributed by atoms with Crippen LogP contribution in [-0.4, -0.2) is 15.4 Å². The van der Waals surface area contributed by atoms with E-state index in [1.165, 1.54) is 6.07 Å². The Morgan fingerprint density at radius 1 is 1.62 bits per heavy atom. The summed E-state index contributed by atoms with van der Waals surface area (Å²) in [4.78, 5) is 0.210. The highest BCUT2D eigenvalue weighted by molar-refractivity contribution is 7.79. The summed E-state index contributed by atoms with van der Waals surface area (Å²) in [5, 5.41) is 0. The van der Waals surface area contributed by atoms with Crippen LogP contribution in [-0.2, 0) is 11.1 Å². The van der Waals surface area contributed by atoms with Crippen molar-refractivity contribution in [3.63, 3.8) is 0 Å². The molecule has 0 aliphatic heterocycles.